The number of nitrogens with two attached hydrogens (primary N) is 1. The summed E-state index contributed by atoms with van der Waals surface area (Å²) in [4.78, 5) is 0. The van der Waals surface area contributed by atoms with E-state index in [1.165, 1.54) is 25.7 Å². The van der Waals surface area contributed by atoms with Gasteiger partial charge in [0.25, 0.3) is 0 Å². The fourth-order valence-corrected chi connectivity index (χ4v) is 3.19. The molecule has 0 radical (unpaired) electrons. The highest BCUT2D eigenvalue weighted by Crippen LogP contribution is 2.57. The van der Waals surface area contributed by atoms with Crippen LogP contribution in [0.15, 0.2) is 12.7 Å². The highest BCUT2D eigenvalue weighted by molar-refractivity contribution is 5.03. The van der Waals surface area contributed by atoms with Crippen molar-refractivity contribution in [3.63, 3.8) is 0 Å². The Hall–Kier alpha value is -0.300. The fourth-order valence-electron chi connectivity index (χ4n) is 3.19. The normalized spacial score (nSPS) is 39.3. The van der Waals surface area contributed by atoms with Crippen molar-refractivity contribution in [1.82, 2.24) is 0 Å². The van der Waals surface area contributed by atoms with Gasteiger partial charge in [-0.25, -0.2) is 0 Å². The molecule has 2 rings (SSSR count). The summed E-state index contributed by atoms with van der Waals surface area (Å²) in [7, 11) is 0. The van der Waals surface area contributed by atoms with Crippen LogP contribution in [-0.4, -0.2) is 6.04 Å². The zero-order valence-electron chi connectivity index (χ0n) is 8.41. The van der Waals surface area contributed by atoms with Crippen LogP contribution >= 0.6 is 0 Å². The Bertz CT molecular complexity index is 176. The van der Waals surface area contributed by atoms with Gasteiger partial charge in [0.1, 0.15) is 0 Å². The van der Waals surface area contributed by atoms with E-state index < -0.39 is 0 Å². The van der Waals surface area contributed by atoms with Gasteiger partial charge in [-0.05, 0) is 43.4 Å². The summed E-state index contributed by atoms with van der Waals surface area (Å²) in [6.07, 6.45) is 10.1. The second kappa shape index (κ2) is 3.83. The van der Waals surface area contributed by atoms with Crippen LogP contribution in [0.2, 0.25) is 0 Å². The summed E-state index contributed by atoms with van der Waals surface area (Å²) in [6.45, 7) is 3.75. The third kappa shape index (κ3) is 1.80. The first-order chi connectivity index (χ1) is 6.34. The van der Waals surface area contributed by atoms with Gasteiger partial charge < -0.3 is 5.73 Å². The maximum Gasteiger partial charge on any atom is 0.00756 e. The minimum absolute atomic E-state index is 0.464. The summed E-state index contributed by atoms with van der Waals surface area (Å²) in [5.41, 5.74) is 6.18. The van der Waals surface area contributed by atoms with Crippen LogP contribution < -0.4 is 5.73 Å². The lowest BCUT2D eigenvalue weighted by atomic mass is 10.0. The van der Waals surface area contributed by atoms with Gasteiger partial charge in [0, 0.05) is 6.04 Å². The van der Waals surface area contributed by atoms with Crippen LogP contribution in [0.5, 0.6) is 0 Å². The van der Waals surface area contributed by atoms with Crippen molar-refractivity contribution in [2.45, 2.75) is 44.6 Å². The molecule has 1 heteroatoms. The molecular formula is C12H21N. The summed E-state index contributed by atoms with van der Waals surface area (Å²) in [6, 6.07) is 0.464. The zero-order chi connectivity index (χ0) is 9.26. The molecule has 0 spiro atoms. The van der Waals surface area contributed by atoms with E-state index in [0.29, 0.717) is 6.04 Å². The summed E-state index contributed by atoms with van der Waals surface area (Å²) < 4.78 is 0. The van der Waals surface area contributed by atoms with Crippen molar-refractivity contribution in [3.8, 4) is 0 Å². The van der Waals surface area contributed by atoms with Crippen LogP contribution in [0.4, 0.5) is 0 Å². The quantitative estimate of drug-likeness (QED) is 0.660. The Balaban J connectivity index is 1.78. The molecule has 0 heterocycles. The van der Waals surface area contributed by atoms with E-state index in [4.69, 9.17) is 5.73 Å². The summed E-state index contributed by atoms with van der Waals surface area (Å²) in [5, 5.41) is 0. The molecule has 0 aromatic carbocycles. The van der Waals surface area contributed by atoms with E-state index in [2.05, 4.69) is 6.58 Å². The maximum atomic E-state index is 6.18. The number of rotatable bonds is 4. The molecule has 0 amide bonds. The molecule has 0 aromatic heterocycles. The maximum absolute atomic E-state index is 6.18. The van der Waals surface area contributed by atoms with E-state index in [-0.39, 0.29) is 0 Å². The lowest BCUT2D eigenvalue weighted by molar-refractivity contribution is 0.480. The molecule has 2 fully saturated rings. The van der Waals surface area contributed by atoms with Gasteiger partial charge in [0.05, 0.1) is 0 Å². The molecule has 0 aliphatic heterocycles. The van der Waals surface area contributed by atoms with E-state index in [1.807, 2.05) is 6.08 Å². The van der Waals surface area contributed by atoms with E-state index in [1.54, 1.807) is 0 Å². The Morgan fingerprint density at radius 1 is 1.31 bits per heavy atom. The van der Waals surface area contributed by atoms with Crippen molar-refractivity contribution >= 4 is 0 Å². The molecule has 3 unspecified atom stereocenters. The molecular weight excluding hydrogens is 158 g/mol. The van der Waals surface area contributed by atoms with Crippen molar-refractivity contribution in [2.75, 3.05) is 0 Å². The van der Waals surface area contributed by atoms with E-state index in [0.717, 1.165) is 30.6 Å². The molecule has 13 heavy (non-hydrogen) atoms. The van der Waals surface area contributed by atoms with Crippen LogP contribution in [0.1, 0.15) is 38.5 Å². The smallest absolute Gasteiger partial charge is 0.00756 e. The topological polar surface area (TPSA) is 26.0 Å². The first-order valence-corrected chi connectivity index (χ1v) is 5.71. The van der Waals surface area contributed by atoms with Crippen molar-refractivity contribution in [1.29, 1.82) is 0 Å². The minimum Gasteiger partial charge on any atom is -0.327 e. The molecule has 0 saturated heterocycles. The van der Waals surface area contributed by atoms with Gasteiger partial charge in [-0.15, -0.1) is 6.58 Å². The Labute approximate surface area is 81.4 Å². The highest BCUT2D eigenvalue weighted by Gasteiger charge is 2.52. The van der Waals surface area contributed by atoms with Gasteiger partial charge in [-0.3, -0.25) is 0 Å². The molecule has 2 N–H and O–H groups in total. The summed E-state index contributed by atoms with van der Waals surface area (Å²) >= 11 is 0. The number of hydrogen-bond acceptors (Lipinski definition) is 1. The average Bonchev–Trinajstić information content (AvgIpc) is 2.88. The van der Waals surface area contributed by atoms with E-state index >= 15 is 0 Å². The Morgan fingerprint density at radius 3 is 2.46 bits per heavy atom. The van der Waals surface area contributed by atoms with Gasteiger partial charge in [-0.1, -0.05) is 18.9 Å². The summed E-state index contributed by atoms with van der Waals surface area (Å²) in [5.74, 6) is 2.89. The number of allylic oxidation sites excluding steroid dienone is 1. The average molecular weight is 179 g/mol. The van der Waals surface area contributed by atoms with E-state index in [9.17, 15) is 0 Å². The van der Waals surface area contributed by atoms with Crippen LogP contribution in [0.3, 0.4) is 0 Å². The first-order valence-electron chi connectivity index (χ1n) is 5.71. The van der Waals surface area contributed by atoms with Gasteiger partial charge in [-0.2, -0.15) is 0 Å². The molecule has 2 aliphatic carbocycles. The number of hydrogen-bond donors (Lipinski definition) is 1. The Morgan fingerprint density at radius 2 is 1.92 bits per heavy atom. The Kier molecular flexibility index (Phi) is 2.73. The molecule has 3 atom stereocenters. The fraction of sp³-hybridized carbons (Fsp3) is 0.833. The third-order valence-electron chi connectivity index (χ3n) is 3.92. The molecule has 2 saturated carbocycles. The standard InChI is InChI=1S/C12H21N/c1-2-3-8-11(13)12-9-6-4-5-7-10(9)12/h2,9-12H,1,3-8,13H2. The van der Waals surface area contributed by atoms with Crippen molar-refractivity contribution < 1.29 is 0 Å². The predicted octanol–water partition coefficient (Wildman–Crippen LogP) is 2.72. The molecule has 1 nitrogen and oxygen atoms in total. The molecule has 74 valence electrons. The zero-order valence-corrected chi connectivity index (χ0v) is 8.41. The second-order valence-electron chi connectivity index (χ2n) is 4.72. The monoisotopic (exact) mass is 179 g/mol. The van der Waals surface area contributed by atoms with Gasteiger partial charge in [0.2, 0.25) is 0 Å². The predicted molar refractivity (Wildman–Crippen MR) is 56.3 cm³/mol. The lowest BCUT2D eigenvalue weighted by Crippen LogP contribution is -2.23. The first kappa shape index (κ1) is 9.26. The van der Waals surface area contributed by atoms with Crippen LogP contribution in [0.25, 0.3) is 0 Å². The van der Waals surface area contributed by atoms with Crippen LogP contribution in [-0.2, 0) is 0 Å². The number of fused-ring (bicyclic) bond motifs is 1. The van der Waals surface area contributed by atoms with Gasteiger partial charge >= 0.3 is 0 Å². The van der Waals surface area contributed by atoms with Crippen molar-refractivity contribution in [2.24, 2.45) is 23.5 Å². The minimum atomic E-state index is 0.464. The molecule has 0 bridgehead atoms. The largest absolute Gasteiger partial charge is 0.327 e. The third-order valence-corrected chi connectivity index (χ3v) is 3.92. The van der Waals surface area contributed by atoms with Crippen molar-refractivity contribution in [3.05, 3.63) is 12.7 Å². The SMILES string of the molecule is C=CCCC(N)C1C2CCCCC21. The van der Waals surface area contributed by atoms with Crippen LogP contribution in [0, 0.1) is 17.8 Å². The lowest BCUT2D eigenvalue weighted by Gasteiger charge is -2.08. The second-order valence-corrected chi connectivity index (χ2v) is 4.72. The van der Waals surface area contributed by atoms with Gasteiger partial charge in [0.15, 0.2) is 0 Å². The molecule has 0 aromatic rings. The molecule has 2 aliphatic rings. The highest BCUT2D eigenvalue weighted by atomic mass is 14.7.